The van der Waals surface area contributed by atoms with Crippen molar-refractivity contribution >= 4 is 23.1 Å². The van der Waals surface area contributed by atoms with E-state index in [1.54, 1.807) is 43.5 Å². The molecule has 1 amide bonds. The maximum atomic E-state index is 13.7. The number of nitrogens with zero attached hydrogens (tertiary/aromatic N) is 1. The molecule has 4 rings (SSSR count). The van der Waals surface area contributed by atoms with Crippen molar-refractivity contribution in [3.05, 3.63) is 100 Å². The van der Waals surface area contributed by atoms with Crippen LogP contribution in [0.1, 0.15) is 49.1 Å². The van der Waals surface area contributed by atoms with Crippen LogP contribution in [-0.2, 0) is 15.0 Å². The van der Waals surface area contributed by atoms with Gasteiger partial charge in [-0.3, -0.25) is 14.5 Å². The molecular weight excluding hydrogens is 445 g/mol. The summed E-state index contributed by atoms with van der Waals surface area (Å²) in [6.45, 7) is 7.94. The highest BCUT2D eigenvalue weighted by Crippen LogP contribution is 2.43. The number of rotatable bonds is 4. The molecule has 1 unspecified atom stereocenters. The number of hydrogen-bond acceptors (Lipinski definition) is 4. The number of aryl methyl sites for hydroxylation is 1. The molecule has 0 spiro atoms. The summed E-state index contributed by atoms with van der Waals surface area (Å²) in [5.41, 5.74) is 2.83. The molecule has 1 N–H and O–H groups in total. The maximum Gasteiger partial charge on any atom is 0.300 e. The van der Waals surface area contributed by atoms with Gasteiger partial charge in [-0.2, -0.15) is 0 Å². The van der Waals surface area contributed by atoms with Crippen LogP contribution in [-0.4, -0.2) is 23.9 Å². The molecule has 3 aromatic carbocycles. The van der Waals surface area contributed by atoms with Crippen molar-refractivity contribution in [3.63, 3.8) is 0 Å². The van der Waals surface area contributed by atoms with Gasteiger partial charge in [0.25, 0.3) is 11.7 Å². The number of aliphatic hydroxyl groups is 1. The molecule has 1 atom stereocenters. The zero-order valence-electron chi connectivity index (χ0n) is 20.4. The molecule has 1 heterocycles. The third-order valence-corrected chi connectivity index (χ3v) is 6.19. The molecule has 0 bridgehead atoms. The van der Waals surface area contributed by atoms with E-state index in [1.807, 2.05) is 33.8 Å². The molecule has 35 heavy (non-hydrogen) atoms. The van der Waals surface area contributed by atoms with Gasteiger partial charge in [0, 0.05) is 16.8 Å². The van der Waals surface area contributed by atoms with Crippen molar-refractivity contribution in [2.45, 2.75) is 39.2 Å². The molecule has 0 aliphatic carbocycles. The smallest absolute Gasteiger partial charge is 0.300 e. The summed E-state index contributed by atoms with van der Waals surface area (Å²) >= 11 is 0. The Morgan fingerprint density at radius 3 is 2.29 bits per heavy atom. The SMILES string of the molecule is COc1ccc(/C(O)=C2/C(=O)C(=O)N(c3cccc(C)c3)C2c2ccc(F)cc2)cc1C(C)(C)C. The third-order valence-electron chi connectivity index (χ3n) is 6.19. The molecule has 5 nitrogen and oxygen atoms in total. The fourth-order valence-corrected chi connectivity index (χ4v) is 4.43. The molecular formula is C29H28FNO4. The Bertz CT molecular complexity index is 1340. The normalized spacial score (nSPS) is 17.7. The van der Waals surface area contributed by atoms with E-state index in [1.165, 1.54) is 29.2 Å². The molecule has 0 saturated carbocycles. The lowest BCUT2D eigenvalue weighted by molar-refractivity contribution is -0.132. The molecule has 0 aromatic heterocycles. The highest BCUT2D eigenvalue weighted by Gasteiger charge is 2.47. The Balaban J connectivity index is 1.96. The minimum atomic E-state index is -0.919. The van der Waals surface area contributed by atoms with Crippen molar-refractivity contribution in [2.24, 2.45) is 0 Å². The van der Waals surface area contributed by atoms with E-state index < -0.39 is 23.5 Å². The number of ether oxygens (including phenoxy) is 1. The van der Waals surface area contributed by atoms with Gasteiger partial charge in [-0.1, -0.05) is 45.0 Å². The molecule has 3 aromatic rings. The summed E-state index contributed by atoms with van der Waals surface area (Å²) in [6, 6.07) is 17.1. The first kappa shape index (κ1) is 24.2. The number of methoxy groups -OCH3 is 1. The first-order valence-electron chi connectivity index (χ1n) is 11.3. The van der Waals surface area contributed by atoms with Crippen molar-refractivity contribution in [2.75, 3.05) is 12.0 Å². The van der Waals surface area contributed by atoms with Crippen LogP contribution in [0.2, 0.25) is 0 Å². The number of Topliss-reactive ketones (excluding diaryl/α,β-unsaturated/α-hetero) is 1. The number of halogens is 1. The van der Waals surface area contributed by atoms with Gasteiger partial charge in [0.2, 0.25) is 0 Å². The van der Waals surface area contributed by atoms with Crippen molar-refractivity contribution in [1.82, 2.24) is 0 Å². The minimum Gasteiger partial charge on any atom is -0.507 e. The van der Waals surface area contributed by atoms with Crippen molar-refractivity contribution in [1.29, 1.82) is 0 Å². The van der Waals surface area contributed by atoms with Crippen LogP contribution in [0.5, 0.6) is 5.75 Å². The Morgan fingerprint density at radius 2 is 1.69 bits per heavy atom. The summed E-state index contributed by atoms with van der Waals surface area (Å²) < 4.78 is 19.2. The number of aliphatic hydroxyl groups excluding tert-OH is 1. The average Bonchev–Trinajstić information content (AvgIpc) is 3.08. The second kappa shape index (κ2) is 9.02. The first-order valence-corrected chi connectivity index (χ1v) is 11.3. The lowest BCUT2D eigenvalue weighted by Gasteiger charge is -2.26. The Morgan fingerprint density at radius 1 is 1.00 bits per heavy atom. The summed E-state index contributed by atoms with van der Waals surface area (Å²) in [6.07, 6.45) is 0. The van der Waals surface area contributed by atoms with Gasteiger partial charge in [-0.05, 0) is 65.9 Å². The number of carbonyl (C=O) groups is 2. The molecule has 6 heteroatoms. The molecule has 1 fully saturated rings. The predicted molar refractivity (Wildman–Crippen MR) is 134 cm³/mol. The largest absolute Gasteiger partial charge is 0.507 e. The van der Waals surface area contributed by atoms with Gasteiger partial charge in [0.1, 0.15) is 17.3 Å². The first-order chi connectivity index (χ1) is 16.5. The second-order valence-corrected chi connectivity index (χ2v) is 9.72. The number of amides is 1. The number of carbonyl (C=O) groups excluding carboxylic acids is 2. The van der Waals surface area contributed by atoms with E-state index in [0.29, 0.717) is 22.6 Å². The quantitative estimate of drug-likeness (QED) is 0.284. The zero-order valence-corrected chi connectivity index (χ0v) is 20.4. The van der Waals surface area contributed by atoms with Gasteiger partial charge in [0.15, 0.2) is 0 Å². The van der Waals surface area contributed by atoms with Crippen LogP contribution >= 0.6 is 0 Å². The molecule has 180 valence electrons. The van der Waals surface area contributed by atoms with Gasteiger partial charge >= 0.3 is 0 Å². The van der Waals surface area contributed by atoms with E-state index >= 15 is 0 Å². The van der Waals surface area contributed by atoms with Crippen molar-refractivity contribution < 1.29 is 23.8 Å². The lowest BCUT2D eigenvalue weighted by Crippen LogP contribution is -2.29. The fraction of sp³-hybridized carbons (Fsp3) is 0.241. The number of ketones is 1. The fourth-order valence-electron chi connectivity index (χ4n) is 4.43. The monoisotopic (exact) mass is 473 g/mol. The van der Waals surface area contributed by atoms with E-state index in [2.05, 4.69) is 0 Å². The second-order valence-electron chi connectivity index (χ2n) is 9.72. The number of anilines is 1. The van der Waals surface area contributed by atoms with Crippen molar-refractivity contribution in [3.8, 4) is 5.75 Å². The van der Waals surface area contributed by atoms with E-state index in [9.17, 15) is 19.1 Å². The van der Waals surface area contributed by atoms with Gasteiger partial charge < -0.3 is 9.84 Å². The van der Waals surface area contributed by atoms with E-state index in [4.69, 9.17) is 4.74 Å². The van der Waals surface area contributed by atoms with Gasteiger partial charge in [-0.25, -0.2) is 4.39 Å². The summed E-state index contributed by atoms with van der Waals surface area (Å²) in [5, 5.41) is 11.4. The predicted octanol–water partition coefficient (Wildman–Crippen LogP) is 6.07. The van der Waals surface area contributed by atoms with Crippen LogP contribution in [0, 0.1) is 12.7 Å². The summed E-state index contributed by atoms with van der Waals surface area (Å²) in [5.74, 6) is -1.63. The number of benzene rings is 3. The zero-order chi connectivity index (χ0) is 25.5. The molecule has 1 aliphatic heterocycles. The average molecular weight is 474 g/mol. The van der Waals surface area contributed by atoms with Gasteiger partial charge in [0.05, 0.1) is 18.7 Å². The number of hydrogen-bond donors (Lipinski definition) is 1. The topological polar surface area (TPSA) is 66.8 Å². The Labute approximate surface area is 204 Å². The van der Waals surface area contributed by atoms with Crippen LogP contribution in [0.15, 0.2) is 72.3 Å². The third kappa shape index (κ3) is 4.44. The standard InChI is InChI=1S/C29H28FNO4/c1-17-7-6-8-21(15-17)31-25(18-9-12-20(30)13-10-18)24(27(33)28(31)34)26(32)19-11-14-23(35-5)22(16-19)29(2,3)4/h6-16,25,32H,1-5H3/b26-24-. The highest BCUT2D eigenvalue weighted by molar-refractivity contribution is 6.51. The van der Waals surface area contributed by atoms with E-state index in [0.717, 1.165) is 11.1 Å². The Kier molecular flexibility index (Phi) is 6.24. The Hall–Kier alpha value is -3.93. The van der Waals surface area contributed by atoms with E-state index in [-0.39, 0.29) is 16.7 Å². The lowest BCUT2D eigenvalue weighted by atomic mass is 9.84. The molecule has 1 aliphatic rings. The summed E-state index contributed by atoms with van der Waals surface area (Å²) in [7, 11) is 1.58. The molecule has 0 radical (unpaired) electrons. The summed E-state index contributed by atoms with van der Waals surface area (Å²) in [4.78, 5) is 28.0. The van der Waals surface area contributed by atoms with Crippen LogP contribution in [0.4, 0.5) is 10.1 Å². The van der Waals surface area contributed by atoms with Crippen LogP contribution in [0.25, 0.3) is 5.76 Å². The van der Waals surface area contributed by atoms with Crippen LogP contribution in [0.3, 0.4) is 0 Å². The molecule has 1 saturated heterocycles. The highest BCUT2D eigenvalue weighted by atomic mass is 19.1. The minimum absolute atomic E-state index is 0.0480. The van der Waals surface area contributed by atoms with Gasteiger partial charge in [-0.15, -0.1) is 0 Å². The maximum absolute atomic E-state index is 13.7. The van der Waals surface area contributed by atoms with Crippen LogP contribution < -0.4 is 9.64 Å².